The van der Waals surface area contributed by atoms with Crippen LogP contribution in [0.1, 0.15) is 18.1 Å². The second-order valence-corrected chi connectivity index (χ2v) is 4.32. The molecule has 4 nitrogen and oxygen atoms in total. The summed E-state index contributed by atoms with van der Waals surface area (Å²) in [5.41, 5.74) is 3.14. The van der Waals surface area contributed by atoms with Crippen LogP contribution in [0.15, 0.2) is 30.5 Å². The summed E-state index contributed by atoms with van der Waals surface area (Å²) in [4.78, 5) is 0. The van der Waals surface area contributed by atoms with Gasteiger partial charge in [0.05, 0.1) is 44.8 Å². The third-order valence-electron chi connectivity index (χ3n) is 2.79. The van der Waals surface area contributed by atoms with Crippen LogP contribution in [0.25, 0.3) is 5.57 Å². The van der Waals surface area contributed by atoms with E-state index in [0.29, 0.717) is 23.5 Å². The number of allylic oxidation sites excluding steroid dienone is 2. The molecule has 0 aliphatic heterocycles. The van der Waals surface area contributed by atoms with E-state index in [4.69, 9.17) is 19.5 Å². The molecule has 0 unspecified atom stereocenters. The molecule has 0 bridgehead atoms. The minimum Gasteiger partial charge on any atom is -0.503 e. The highest BCUT2D eigenvalue weighted by Crippen LogP contribution is 2.35. The first-order valence-electron chi connectivity index (χ1n) is 6.10. The Hall–Kier alpha value is -2.41. The maximum Gasteiger partial charge on any atom is 0.130 e. The highest BCUT2D eigenvalue weighted by Gasteiger charge is 2.14. The number of hydrogen-bond acceptors (Lipinski definition) is 4. The molecule has 1 aromatic rings. The van der Waals surface area contributed by atoms with Crippen molar-refractivity contribution in [1.29, 1.82) is 5.26 Å². The van der Waals surface area contributed by atoms with Gasteiger partial charge in [0.1, 0.15) is 11.5 Å². The molecule has 0 radical (unpaired) electrons. The maximum atomic E-state index is 9.04. The average Bonchev–Trinajstić information content (AvgIpc) is 2.45. The van der Waals surface area contributed by atoms with E-state index in [0.717, 1.165) is 16.7 Å². The van der Waals surface area contributed by atoms with Crippen LogP contribution in [0.4, 0.5) is 0 Å². The van der Waals surface area contributed by atoms with Gasteiger partial charge in [-0.05, 0) is 30.2 Å². The molecular weight excluding hydrogens is 254 g/mol. The number of benzene rings is 1. The summed E-state index contributed by atoms with van der Waals surface area (Å²) in [5, 5.41) is 9.04. The van der Waals surface area contributed by atoms with Gasteiger partial charge >= 0.3 is 0 Å². The topological polar surface area (TPSA) is 51.5 Å². The van der Waals surface area contributed by atoms with E-state index < -0.39 is 0 Å². The lowest BCUT2D eigenvalue weighted by Gasteiger charge is -2.15. The molecule has 0 aromatic heterocycles. The first kappa shape index (κ1) is 15.6. The van der Waals surface area contributed by atoms with Crippen molar-refractivity contribution in [3.63, 3.8) is 0 Å². The second-order valence-electron chi connectivity index (χ2n) is 4.32. The molecule has 0 fully saturated rings. The van der Waals surface area contributed by atoms with Gasteiger partial charge in [-0.1, -0.05) is 6.58 Å². The number of nitriles is 1. The lowest BCUT2D eigenvalue weighted by molar-refractivity contribution is 0.334. The number of ether oxygens (including phenoxy) is 3. The zero-order valence-electron chi connectivity index (χ0n) is 12.3. The molecule has 0 saturated carbocycles. The summed E-state index contributed by atoms with van der Waals surface area (Å²) in [7, 11) is 4.71. The van der Waals surface area contributed by atoms with Crippen molar-refractivity contribution in [3.05, 3.63) is 41.7 Å². The molecule has 1 aromatic carbocycles. The molecule has 106 valence electrons. The van der Waals surface area contributed by atoms with Crippen molar-refractivity contribution < 1.29 is 14.2 Å². The number of hydrogen-bond donors (Lipinski definition) is 0. The van der Waals surface area contributed by atoms with Crippen LogP contribution in [-0.4, -0.2) is 21.3 Å². The summed E-state index contributed by atoms with van der Waals surface area (Å²) in [6.45, 7) is 5.83. The van der Waals surface area contributed by atoms with Crippen LogP contribution in [0.3, 0.4) is 0 Å². The van der Waals surface area contributed by atoms with Gasteiger partial charge in [-0.2, -0.15) is 5.26 Å². The van der Waals surface area contributed by atoms with Crippen LogP contribution in [0.5, 0.6) is 11.5 Å². The molecule has 1 rings (SSSR count). The largest absolute Gasteiger partial charge is 0.503 e. The Kier molecular flexibility index (Phi) is 5.67. The van der Waals surface area contributed by atoms with Crippen LogP contribution in [-0.2, 0) is 11.2 Å². The Balaban J connectivity index is 3.28. The van der Waals surface area contributed by atoms with E-state index in [1.807, 2.05) is 19.1 Å². The van der Waals surface area contributed by atoms with Gasteiger partial charge in [0.25, 0.3) is 0 Å². The highest BCUT2D eigenvalue weighted by atomic mass is 16.5. The minimum absolute atomic E-state index is 0.452. The second kappa shape index (κ2) is 7.25. The Bertz CT molecular complexity index is 543. The molecule has 0 spiro atoms. The van der Waals surface area contributed by atoms with Gasteiger partial charge in [-0.25, -0.2) is 0 Å². The smallest absolute Gasteiger partial charge is 0.130 e. The molecule has 20 heavy (non-hydrogen) atoms. The van der Waals surface area contributed by atoms with Gasteiger partial charge in [-0.3, -0.25) is 0 Å². The van der Waals surface area contributed by atoms with E-state index in [-0.39, 0.29) is 0 Å². The van der Waals surface area contributed by atoms with Crippen molar-refractivity contribution in [3.8, 4) is 17.6 Å². The summed E-state index contributed by atoms with van der Waals surface area (Å²) in [6.07, 6.45) is 1.89. The van der Waals surface area contributed by atoms with Crippen molar-refractivity contribution >= 4 is 5.57 Å². The minimum atomic E-state index is 0.452. The quantitative estimate of drug-likeness (QED) is 0.589. The molecule has 0 aliphatic rings. The molecular formula is C16H19NO3. The predicted molar refractivity (Wildman–Crippen MR) is 78.7 cm³/mol. The van der Waals surface area contributed by atoms with Gasteiger partial charge in [0, 0.05) is 6.42 Å². The summed E-state index contributed by atoms with van der Waals surface area (Å²) in [6, 6.07) is 5.87. The van der Waals surface area contributed by atoms with Gasteiger partial charge in [0.15, 0.2) is 0 Å². The Morgan fingerprint density at radius 2 is 1.80 bits per heavy atom. The Morgan fingerprint density at radius 3 is 2.15 bits per heavy atom. The summed E-state index contributed by atoms with van der Waals surface area (Å²) < 4.78 is 15.7. The van der Waals surface area contributed by atoms with Crippen LogP contribution < -0.4 is 9.47 Å². The van der Waals surface area contributed by atoms with E-state index in [1.54, 1.807) is 14.2 Å². The van der Waals surface area contributed by atoms with Crippen LogP contribution in [0, 0.1) is 11.3 Å². The molecule has 0 amide bonds. The fraction of sp³-hybridized carbons (Fsp3) is 0.312. The van der Waals surface area contributed by atoms with Crippen LogP contribution in [0.2, 0.25) is 0 Å². The zero-order chi connectivity index (χ0) is 15.1. The van der Waals surface area contributed by atoms with Crippen molar-refractivity contribution in [2.24, 2.45) is 0 Å². The lowest BCUT2D eigenvalue weighted by atomic mass is 10.00. The molecule has 0 saturated heterocycles. The van der Waals surface area contributed by atoms with E-state index >= 15 is 0 Å². The maximum absolute atomic E-state index is 9.04. The Labute approximate surface area is 119 Å². The highest BCUT2D eigenvalue weighted by molar-refractivity contribution is 5.73. The summed E-state index contributed by atoms with van der Waals surface area (Å²) >= 11 is 0. The van der Waals surface area contributed by atoms with E-state index in [2.05, 4.69) is 12.6 Å². The third-order valence-corrected chi connectivity index (χ3v) is 2.79. The monoisotopic (exact) mass is 273 g/mol. The average molecular weight is 273 g/mol. The van der Waals surface area contributed by atoms with Crippen molar-refractivity contribution in [2.75, 3.05) is 21.3 Å². The normalized spacial score (nSPS) is 10.7. The number of rotatable bonds is 6. The van der Waals surface area contributed by atoms with Crippen LogP contribution >= 0.6 is 0 Å². The zero-order valence-corrected chi connectivity index (χ0v) is 12.3. The Morgan fingerprint density at radius 1 is 1.25 bits per heavy atom. The third kappa shape index (κ3) is 3.55. The van der Waals surface area contributed by atoms with Gasteiger partial charge in [0.2, 0.25) is 0 Å². The predicted octanol–water partition coefficient (Wildman–Crippen LogP) is 3.33. The number of nitrogens with zero attached hydrogens (tertiary/aromatic N) is 1. The molecule has 0 heterocycles. The molecule has 4 heteroatoms. The number of methoxy groups -OCH3 is 3. The molecule has 0 N–H and O–H groups in total. The standard InChI is InChI=1S/C16H19NO3/c1-11(2)16-14(19-4)7-12(8-15(16)20-5)6-13(9-17)10-18-3/h7-8,10H,1,6H2,2-5H3. The summed E-state index contributed by atoms with van der Waals surface area (Å²) in [5.74, 6) is 1.36. The van der Waals surface area contributed by atoms with E-state index in [1.165, 1.54) is 13.4 Å². The van der Waals surface area contributed by atoms with E-state index in [9.17, 15) is 0 Å². The molecule has 0 aliphatic carbocycles. The van der Waals surface area contributed by atoms with Crippen molar-refractivity contribution in [1.82, 2.24) is 0 Å². The fourth-order valence-corrected chi connectivity index (χ4v) is 1.96. The van der Waals surface area contributed by atoms with Crippen molar-refractivity contribution in [2.45, 2.75) is 13.3 Å². The molecule has 0 atom stereocenters. The first-order valence-corrected chi connectivity index (χ1v) is 6.10. The van der Waals surface area contributed by atoms with Gasteiger partial charge in [-0.15, -0.1) is 0 Å². The SMILES string of the molecule is C=C(C)c1c(OC)cc(CC(C#N)=COC)cc1OC. The first-order chi connectivity index (χ1) is 9.57. The fourth-order valence-electron chi connectivity index (χ4n) is 1.96. The lowest BCUT2D eigenvalue weighted by Crippen LogP contribution is -1.98. The van der Waals surface area contributed by atoms with Gasteiger partial charge < -0.3 is 14.2 Å².